The molecule has 7 rings (SSSR count). The maximum Gasteiger partial charge on any atom is 0.274 e. The first-order chi connectivity index (χ1) is 15.0. The highest BCUT2D eigenvalue weighted by Gasteiger charge is 2.50. The van der Waals surface area contributed by atoms with Gasteiger partial charge in [0.15, 0.2) is 5.69 Å². The molecule has 0 spiro atoms. The summed E-state index contributed by atoms with van der Waals surface area (Å²) in [5, 5.41) is 19.0. The van der Waals surface area contributed by atoms with E-state index in [2.05, 4.69) is 10.4 Å². The highest BCUT2D eigenvalue weighted by Crippen LogP contribution is 2.59. The fraction of sp³-hybridized carbons (Fsp3) is 0.667. The van der Waals surface area contributed by atoms with Crippen LogP contribution in [0.2, 0.25) is 0 Å². The standard InChI is InChI=1S/C24H33N5O2/c25-18-3-5-28(13-18)23(31)20-9-21-19(2-1-4-29(21)27-20)22(30)26-14-24-10-15-6-16(11-24)8-17(7-15)12-24/h1-2,4,9,15-18,22,26,30H,3,5-8,10-14,25H2/t15?,16?,17?,18-,22?,24?/m1/s1. The molecule has 1 unspecified atom stereocenters. The second-order valence-electron chi connectivity index (χ2n) is 10.8. The van der Waals surface area contributed by atoms with E-state index in [9.17, 15) is 9.90 Å². The molecule has 2 aromatic rings. The number of pyridine rings is 1. The molecule has 2 aromatic heterocycles. The van der Waals surface area contributed by atoms with Gasteiger partial charge in [0.05, 0.1) is 5.52 Å². The van der Waals surface area contributed by atoms with E-state index in [4.69, 9.17) is 5.73 Å². The summed E-state index contributed by atoms with van der Waals surface area (Å²) in [5.41, 5.74) is 8.28. The second-order valence-corrected chi connectivity index (χ2v) is 10.8. The maximum atomic E-state index is 12.8. The monoisotopic (exact) mass is 423 g/mol. The molecular formula is C24H33N5O2. The van der Waals surface area contributed by atoms with Crippen molar-refractivity contribution in [3.05, 3.63) is 35.7 Å². The van der Waals surface area contributed by atoms with E-state index in [1.54, 1.807) is 15.5 Å². The van der Waals surface area contributed by atoms with E-state index in [0.717, 1.165) is 41.8 Å². The van der Waals surface area contributed by atoms with Crippen LogP contribution >= 0.6 is 0 Å². The molecule has 1 amide bonds. The summed E-state index contributed by atoms with van der Waals surface area (Å²) in [7, 11) is 0. The lowest BCUT2D eigenvalue weighted by Crippen LogP contribution is -2.50. The zero-order valence-corrected chi connectivity index (χ0v) is 18.0. The molecule has 4 bridgehead atoms. The molecule has 7 heteroatoms. The van der Waals surface area contributed by atoms with Crippen LogP contribution in [0.25, 0.3) is 5.52 Å². The van der Waals surface area contributed by atoms with Gasteiger partial charge in [-0.15, -0.1) is 0 Å². The molecule has 3 heterocycles. The fourth-order valence-corrected chi connectivity index (χ4v) is 7.44. The number of hydrogen-bond acceptors (Lipinski definition) is 5. The molecule has 4 aliphatic carbocycles. The average Bonchev–Trinajstić information content (AvgIpc) is 3.36. The molecule has 166 valence electrons. The molecule has 4 N–H and O–H groups in total. The highest BCUT2D eigenvalue weighted by molar-refractivity contribution is 5.94. The number of fused-ring (bicyclic) bond motifs is 1. The lowest BCUT2D eigenvalue weighted by atomic mass is 9.49. The topological polar surface area (TPSA) is 95.9 Å². The third-order valence-electron chi connectivity index (χ3n) is 8.40. The van der Waals surface area contributed by atoms with Crippen molar-refractivity contribution in [2.45, 2.75) is 57.2 Å². The summed E-state index contributed by atoms with van der Waals surface area (Å²) in [6.07, 6.45) is 10.1. The predicted molar refractivity (Wildman–Crippen MR) is 117 cm³/mol. The van der Waals surface area contributed by atoms with Crippen molar-refractivity contribution in [1.29, 1.82) is 0 Å². The van der Waals surface area contributed by atoms with Gasteiger partial charge in [-0.25, -0.2) is 4.52 Å². The Morgan fingerprint density at radius 2 is 1.97 bits per heavy atom. The fourth-order valence-electron chi connectivity index (χ4n) is 7.44. The van der Waals surface area contributed by atoms with Crippen LogP contribution in [-0.4, -0.2) is 51.2 Å². The van der Waals surface area contributed by atoms with Crippen LogP contribution in [-0.2, 0) is 0 Å². The van der Waals surface area contributed by atoms with Gasteiger partial charge in [-0.2, -0.15) is 5.10 Å². The zero-order valence-electron chi connectivity index (χ0n) is 18.0. The number of nitrogens with one attached hydrogen (secondary N) is 1. The number of likely N-dealkylation sites (tertiary alicyclic amines) is 1. The SMILES string of the molecule is N[C@@H]1CCN(C(=O)c2cc3c(C(O)NCC45CC6CC(CC(C6)C4)C5)cccn3n2)C1. The Kier molecular flexibility index (Phi) is 4.63. The van der Waals surface area contributed by atoms with Crippen LogP contribution < -0.4 is 11.1 Å². The molecule has 5 fully saturated rings. The van der Waals surface area contributed by atoms with Crippen LogP contribution in [0.4, 0.5) is 0 Å². The molecule has 4 saturated carbocycles. The van der Waals surface area contributed by atoms with E-state index in [-0.39, 0.29) is 11.9 Å². The minimum absolute atomic E-state index is 0.0483. The third-order valence-corrected chi connectivity index (χ3v) is 8.40. The van der Waals surface area contributed by atoms with Gasteiger partial charge in [0, 0.05) is 37.4 Å². The third kappa shape index (κ3) is 3.47. The quantitative estimate of drug-likeness (QED) is 0.642. The highest BCUT2D eigenvalue weighted by atomic mass is 16.3. The van der Waals surface area contributed by atoms with Gasteiger partial charge >= 0.3 is 0 Å². The van der Waals surface area contributed by atoms with Crippen LogP contribution in [0, 0.1) is 23.2 Å². The lowest BCUT2D eigenvalue weighted by molar-refractivity contribution is -0.0578. The number of aliphatic hydroxyl groups is 1. The Morgan fingerprint density at radius 3 is 2.61 bits per heavy atom. The number of carbonyl (C=O) groups excluding carboxylic acids is 1. The van der Waals surface area contributed by atoms with E-state index in [0.29, 0.717) is 24.2 Å². The van der Waals surface area contributed by atoms with E-state index < -0.39 is 6.23 Å². The average molecular weight is 424 g/mol. The maximum absolute atomic E-state index is 12.8. The normalized spacial score (nSPS) is 35.2. The minimum Gasteiger partial charge on any atom is -0.374 e. The van der Waals surface area contributed by atoms with Gasteiger partial charge < -0.3 is 15.7 Å². The van der Waals surface area contributed by atoms with Crippen molar-refractivity contribution in [2.24, 2.45) is 28.9 Å². The van der Waals surface area contributed by atoms with Gasteiger partial charge in [-0.3, -0.25) is 10.1 Å². The second kappa shape index (κ2) is 7.29. The Hall–Kier alpha value is -1.96. The van der Waals surface area contributed by atoms with Crippen molar-refractivity contribution < 1.29 is 9.90 Å². The van der Waals surface area contributed by atoms with Crippen LogP contribution in [0.5, 0.6) is 0 Å². The van der Waals surface area contributed by atoms with Crippen LogP contribution in [0.3, 0.4) is 0 Å². The zero-order chi connectivity index (χ0) is 21.2. The number of aromatic nitrogens is 2. The van der Waals surface area contributed by atoms with Gasteiger partial charge in [-0.1, -0.05) is 6.07 Å². The first-order valence-electron chi connectivity index (χ1n) is 11.9. The Balaban J connectivity index is 1.19. The van der Waals surface area contributed by atoms with E-state index in [1.165, 1.54) is 38.5 Å². The van der Waals surface area contributed by atoms with Crippen molar-refractivity contribution in [1.82, 2.24) is 19.8 Å². The van der Waals surface area contributed by atoms with Crippen molar-refractivity contribution in [3.8, 4) is 0 Å². The number of nitrogens with two attached hydrogens (primary N) is 1. The number of hydrogen-bond donors (Lipinski definition) is 3. The summed E-state index contributed by atoms with van der Waals surface area (Å²) in [5.74, 6) is 2.61. The van der Waals surface area contributed by atoms with Gasteiger partial charge in [0.1, 0.15) is 6.23 Å². The molecule has 1 saturated heterocycles. The lowest BCUT2D eigenvalue weighted by Gasteiger charge is -2.57. The smallest absolute Gasteiger partial charge is 0.274 e. The van der Waals surface area contributed by atoms with Crippen LogP contribution in [0.15, 0.2) is 24.4 Å². The Bertz CT molecular complexity index is 966. The summed E-state index contributed by atoms with van der Waals surface area (Å²) in [6.45, 7) is 2.12. The van der Waals surface area contributed by atoms with Crippen molar-refractivity contribution >= 4 is 11.4 Å². The number of rotatable bonds is 5. The summed E-state index contributed by atoms with van der Waals surface area (Å²) >= 11 is 0. The van der Waals surface area contributed by atoms with Gasteiger partial charge in [-0.05, 0) is 80.2 Å². The molecule has 0 radical (unpaired) electrons. The van der Waals surface area contributed by atoms with Crippen LogP contribution in [0.1, 0.15) is 67.2 Å². The van der Waals surface area contributed by atoms with E-state index >= 15 is 0 Å². The van der Waals surface area contributed by atoms with E-state index in [1.807, 2.05) is 18.3 Å². The molecule has 1 aliphatic heterocycles. The number of nitrogens with zero attached hydrogens (tertiary/aromatic N) is 3. The number of carbonyl (C=O) groups is 1. The first kappa shape index (κ1) is 19.7. The van der Waals surface area contributed by atoms with Gasteiger partial charge in [0.2, 0.25) is 0 Å². The number of aliphatic hydroxyl groups excluding tert-OH is 1. The van der Waals surface area contributed by atoms with Crippen molar-refractivity contribution in [2.75, 3.05) is 19.6 Å². The summed E-state index contributed by atoms with van der Waals surface area (Å²) in [6, 6.07) is 5.66. The Morgan fingerprint density at radius 1 is 1.26 bits per heavy atom. The predicted octanol–water partition coefficient (Wildman–Crippen LogP) is 2.30. The summed E-state index contributed by atoms with van der Waals surface area (Å²) in [4.78, 5) is 14.6. The molecule has 5 aliphatic rings. The first-order valence-corrected chi connectivity index (χ1v) is 11.9. The van der Waals surface area contributed by atoms with Gasteiger partial charge in [0.25, 0.3) is 5.91 Å². The molecule has 2 atom stereocenters. The molecule has 7 nitrogen and oxygen atoms in total. The molecular weight excluding hydrogens is 390 g/mol. The Labute approximate surface area is 183 Å². The number of amides is 1. The molecule has 0 aromatic carbocycles. The molecule has 31 heavy (non-hydrogen) atoms. The minimum atomic E-state index is -0.767. The van der Waals surface area contributed by atoms with Crippen molar-refractivity contribution in [3.63, 3.8) is 0 Å². The summed E-state index contributed by atoms with van der Waals surface area (Å²) < 4.78 is 1.70. The largest absolute Gasteiger partial charge is 0.374 e.